The van der Waals surface area contributed by atoms with Gasteiger partial charge in [0.05, 0.1) is 11.3 Å². The Labute approximate surface area is 111 Å². The number of H-pyrrole nitrogens is 1. The van der Waals surface area contributed by atoms with Crippen LogP contribution in [0, 0.1) is 17.1 Å². The molecule has 0 spiro atoms. The summed E-state index contributed by atoms with van der Waals surface area (Å²) >= 11 is 0. The second-order valence-electron chi connectivity index (χ2n) is 3.54. The van der Waals surface area contributed by atoms with Gasteiger partial charge in [-0.1, -0.05) is 0 Å². The predicted octanol–water partition coefficient (Wildman–Crippen LogP) is 1.01. The lowest BCUT2D eigenvalue weighted by molar-refractivity contribution is 0.0697. The van der Waals surface area contributed by atoms with Crippen LogP contribution >= 0.6 is 0 Å². The van der Waals surface area contributed by atoms with Gasteiger partial charge in [0.2, 0.25) is 5.82 Å². The molecule has 2 rings (SSSR count). The number of nitriles is 1. The fourth-order valence-corrected chi connectivity index (χ4v) is 1.39. The minimum Gasteiger partial charge on any atom is -0.478 e. The van der Waals surface area contributed by atoms with E-state index in [1.807, 2.05) is 6.07 Å². The Bertz CT molecular complexity index is 704. The molecule has 0 saturated carbocycles. The number of hydrogen-bond acceptors (Lipinski definition) is 6. The van der Waals surface area contributed by atoms with E-state index in [1.54, 1.807) is 0 Å². The highest BCUT2D eigenvalue weighted by atomic mass is 19.1. The van der Waals surface area contributed by atoms with Crippen LogP contribution in [-0.4, -0.2) is 31.7 Å². The molecule has 0 radical (unpaired) electrons. The smallest absolute Gasteiger partial charge is 0.337 e. The number of hydrogen-bond donors (Lipinski definition) is 3. The number of anilines is 1. The molecule has 0 amide bonds. The summed E-state index contributed by atoms with van der Waals surface area (Å²) in [6, 6.07) is 5.05. The zero-order valence-corrected chi connectivity index (χ0v) is 9.83. The zero-order valence-electron chi connectivity index (χ0n) is 9.83. The van der Waals surface area contributed by atoms with Gasteiger partial charge in [-0.15, -0.1) is 10.2 Å². The molecule has 3 N–H and O–H groups in total. The molecule has 9 heteroatoms. The van der Waals surface area contributed by atoms with E-state index in [0.29, 0.717) is 0 Å². The molecule has 20 heavy (non-hydrogen) atoms. The Morgan fingerprint density at radius 2 is 2.35 bits per heavy atom. The maximum atomic E-state index is 13.0. The van der Waals surface area contributed by atoms with Crippen molar-refractivity contribution in [3.63, 3.8) is 0 Å². The lowest BCUT2D eigenvalue weighted by Crippen LogP contribution is -2.03. The summed E-state index contributed by atoms with van der Waals surface area (Å²) in [6.45, 7) is 0. The lowest BCUT2D eigenvalue weighted by Gasteiger charge is -2.05. The lowest BCUT2D eigenvalue weighted by atomic mass is 10.1. The summed E-state index contributed by atoms with van der Waals surface area (Å²) in [5.74, 6) is -1.91. The van der Waals surface area contributed by atoms with Crippen molar-refractivity contribution in [2.45, 2.75) is 0 Å². The van der Waals surface area contributed by atoms with Gasteiger partial charge in [-0.2, -0.15) is 10.5 Å². The third kappa shape index (κ3) is 2.75. The number of benzene rings is 1. The van der Waals surface area contributed by atoms with Crippen LogP contribution in [-0.2, 0) is 0 Å². The molecule has 0 atom stereocenters. The fraction of sp³-hybridized carbons (Fsp3) is 0. The Morgan fingerprint density at radius 3 is 2.95 bits per heavy atom. The van der Waals surface area contributed by atoms with E-state index in [2.05, 4.69) is 25.9 Å². The van der Waals surface area contributed by atoms with Gasteiger partial charge in [-0.3, -0.25) is 0 Å². The number of halogens is 1. The van der Waals surface area contributed by atoms with Gasteiger partial charge in [0, 0.05) is 6.20 Å². The number of aromatic carboxylic acids is 1. The highest BCUT2D eigenvalue weighted by molar-refractivity contribution is 5.94. The van der Waals surface area contributed by atoms with Crippen molar-refractivity contribution in [1.29, 1.82) is 5.26 Å². The average molecular weight is 274 g/mol. The summed E-state index contributed by atoms with van der Waals surface area (Å²) in [5.41, 5.74) is -0.0822. The number of tetrazole rings is 1. The highest BCUT2D eigenvalue weighted by Gasteiger charge is 2.11. The van der Waals surface area contributed by atoms with E-state index in [9.17, 15) is 9.18 Å². The van der Waals surface area contributed by atoms with Gasteiger partial charge in [0.25, 0.3) is 0 Å². The van der Waals surface area contributed by atoms with Gasteiger partial charge in [0.1, 0.15) is 17.5 Å². The summed E-state index contributed by atoms with van der Waals surface area (Å²) < 4.78 is 13.0. The number of aromatic nitrogens is 4. The number of carbonyl (C=O) groups is 1. The zero-order chi connectivity index (χ0) is 14.5. The number of rotatable bonds is 4. The molecular formula is C11H7FN6O2. The van der Waals surface area contributed by atoms with Crippen molar-refractivity contribution in [2.75, 3.05) is 5.32 Å². The second kappa shape index (κ2) is 5.57. The molecular weight excluding hydrogens is 267 g/mol. The first kappa shape index (κ1) is 13.2. The molecule has 0 unspecified atom stereocenters. The molecule has 0 aliphatic heterocycles. The van der Waals surface area contributed by atoms with Crippen LogP contribution in [0.4, 0.5) is 10.1 Å². The molecule has 0 aliphatic carbocycles. The van der Waals surface area contributed by atoms with Crippen molar-refractivity contribution in [3.8, 4) is 6.07 Å². The molecule has 0 fully saturated rings. The van der Waals surface area contributed by atoms with Crippen molar-refractivity contribution in [2.24, 2.45) is 0 Å². The quantitative estimate of drug-likeness (QED) is 0.710. The first-order valence-corrected chi connectivity index (χ1v) is 5.25. The van der Waals surface area contributed by atoms with Crippen molar-refractivity contribution >= 4 is 17.2 Å². The topological polar surface area (TPSA) is 128 Å². The summed E-state index contributed by atoms with van der Waals surface area (Å²) in [4.78, 5) is 11.0. The van der Waals surface area contributed by atoms with Gasteiger partial charge >= 0.3 is 5.97 Å². The first-order chi connectivity index (χ1) is 9.61. The van der Waals surface area contributed by atoms with Crippen LogP contribution < -0.4 is 5.32 Å². The monoisotopic (exact) mass is 274 g/mol. The number of nitrogens with zero attached hydrogens (tertiary/aromatic N) is 4. The molecule has 1 aromatic heterocycles. The molecule has 1 heterocycles. The van der Waals surface area contributed by atoms with Crippen LogP contribution in [0.3, 0.4) is 0 Å². The third-order valence-electron chi connectivity index (χ3n) is 2.29. The number of nitrogens with one attached hydrogen (secondary N) is 2. The van der Waals surface area contributed by atoms with E-state index in [0.717, 1.165) is 12.1 Å². The fourth-order valence-electron chi connectivity index (χ4n) is 1.39. The maximum Gasteiger partial charge on any atom is 0.337 e. The standard InChI is InChI=1S/C11H7FN6O2/c12-7-1-2-9(8(3-7)11(19)20)14-5-6(4-13)10-15-17-18-16-10/h1-3,5,14H,(H,19,20)(H,15,16,17,18). The van der Waals surface area contributed by atoms with E-state index >= 15 is 0 Å². The Hall–Kier alpha value is -3.28. The van der Waals surface area contributed by atoms with Crippen LogP contribution in [0.25, 0.3) is 5.57 Å². The minimum absolute atomic E-state index is 0.0411. The van der Waals surface area contributed by atoms with Crippen molar-refractivity contribution in [3.05, 3.63) is 41.6 Å². The van der Waals surface area contributed by atoms with Gasteiger partial charge in [-0.25, -0.2) is 9.18 Å². The summed E-state index contributed by atoms with van der Waals surface area (Å²) in [5, 5.41) is 33.2. The third-order valence-corrected chi connectivity index (χ3v) is 2.29. The van der Waals surface area contributed by atoms with Crippen LogP contribution in [0.15, 0.2) is 24.4 Å². The number of carboxylic acids is 1. The van der Waals surface area contributed by atoms with Crippen LogP contribution in [0.2, 0.25) is 0 Å². The number of aromatic amines is 1. The Morgan fingerprint density at radius 1 is 1.55 bits per heavy atom. The molecule has 0 bridgehead atoms. The first-order valence-electron chi connectivity index (χ1n) is 5.25. The van der Waals surface area contributed by atoms with Gasteiger partial charge in [-0.05, 0) is 23.4 Å². The molecule has 100 valence electrons. The molecule has 0 saturated heterocycles. The van der Waals surface area contributed by atoms with E-state index in [4.69, 9.17) is 10.4 Å². The van der Waals surface area contributed by atoms with Gasteiger partial charge in [0.15, 0.2) is 0 Å². The Kier molecular flexibility index (Phi) is 3.67. The van der Waals surface area contributed by atoms with E-state index < -0.39 is 11.8 Å². The average Bonchev–Trinajstić information content (AvgIpc) is 2.94. The van der Waals surface area contributed by atoms with Crippen LogP contribution in [0.1, 0.15) is 16.2 Å². The predicted molar refractivity (Wildman–Crippen MR) is 64.7 cm³/mol. The summed E-state index contributed by atoms with van der Waals surface area (Å²) in [7, 11) is 0. The minimum atomic E-state index is -1.29. The number of carboxylic acid groups (broad SMARTS) is 1. The van der Waals surface area contributed by atoms with Crippen LogP contribution in [0.5, 0.6) is 0 Å². The van der Waals surface area contributed by atoms with E-state index in [1.165, 1.54) is 12.3 Å². The molecule has 8 nitrogen and oxygen atoms in total. The normalized spacial score (nSPS) is 10.9. The van der Waals surface area contributed by atoms with Gasteiger partial charge < -0.3 is 10.4 Å². The molecule has 1 aromatic carbocycles. The Balaban J connectivity index is 2.31. The maximum absolute atomic E-state index is 13.0. The largest absolute Gasteiger partial charge is 0.478 e. The highest BCUT2D eigenvalue weighted by Crippen LogP contribution is 2.18. The number of allylic oxidation sites excluding steroid dienone is 1. The van der Waals surface area contributed by atoms with E-state index in [-0.39, 0.29) is 22.6 Å². The second-order valence-corrected chi connectivity index (χ2v) is 3.54. The van der Waals surface area contributed by atoms with Crippen molar-refractivity contribution < 1.29 is 14.3 Å². The molecule has 0 aliphatic rings. The molecule has 2 aromatic rings. The van der Waals surface area contributed by atoms with Crippen molar-refractivity contribution in [1.82, 2.24) is 20.6 Å². The SMILES string of the molecule is N#CC(=CNc1ccc(F)cc1C(=O)O)c1nn[nH]n1. The summed E-state index contributed by atoms with van der Waals surface area (Å²) in [6.07, 6.45) is 1.21.